The van der Waals surface area contributed by atoms with Crippen molar-refractivity contribution in [2.75, 3.05) is 0 Å². The van der Waals surface area contributed by atoms with E-state index in [1.807, 2.05) is 6.92 Å². The number of oxazole rings is 1. The Morgan fingerprint density at radius 2 is 2.44 bits per heavy atom. The van der Waals surface area contributed by atoms with E-state index in [0.717, 1.165) is 24.5 Å². The molecule has 9 heavy (non-hydrogen) atoms. The molecule has 0 saturated carbocycles. The van der Waals surface area contributed by atoms with Crippen molar-refractivity contribution in [3.63, 3.8) is 0 Å². The van der Waals surface area contributed by atoms with E-state index in [1.165, 1.54) is 0 Å². The first kappa shape index (κ1) is 6.33. The summed E-state index contributed by atoms with van der Waals surface area (Å²) >= 11 is 0. The van der Waals surface area contributed by atoms with Crippen LogP contribution < -0.4 is 0 Å². The van der Waals surface area contributed by atoms with Gasteiger partial charge in [-0.25, -0.2) is 4.98 Å². The molecule has 1 heterocycles. The average molecular weight is 125 g/mol. The highest BCUT2D eigenvalue weighted by Gasteiger charge is 1.95. The lowest BCUT2D eigenvalue weighted by Gasteiger charge is -1.85. The minimum atomic E-state index is 0.762. The van der Waals surface area contributed by atoms with Gasteiger partial charge in [0.15, 0.2) is 5.89 Å². The van der Waals surface area contributed by atoms with Gasteiger partial charge in [-0.1, -0.05) is 6.92 Å². The Morgan fingerprint density at radius 3 is 2.89 bits per heavy atom. The third kappa shape index (κ3) is 1.56. The lowest BCUT2D eigenvalue weighted by molar-refractivity contribution is 0.472. The summed E-state index contributed by atoms with van der Waals surface area (Å²) in [7, 11) is 0. The van der Waals surface area contributed by atoms with E-state index in [9.17, 15) is 0 Å². The third-order valence-corrected chi connectivity index (χ3v) is 1.17. The molecule has 0 N–H and O–H groups in total. The molecule has 0 unspecified atom stereocenters. The Labute approximate surface area is 54.9 Å². The normalized spacial score (nSPS) is 10.0. The zero-order chi connectivity index (χ0) is 6.69. The fraction of sp³-hybridized carbons (Fsp3) is 0.571. The van der Waals surface area contributed by atoms with Crippen LogP contribution in [0.2, 0.25) is 0 Å². The Morgan fingerprint density at radius 1 is 1.67 bits per heavy atom. The quantitative estimate of drug-likeness (QED) is 0.603. The summed E-state index contributed by atoms with van der Waals surface area (Å²) in [5.74, 6) is 1.76. The van der Waals surface area contributed by atoms with E-state index in [-0.39, 0.29) is 0 Å². The van der Waals surface area contributed by atoms with Crippen molar-refractivity contribution < 1.29 is 4.42 Å². The molecule has 50 valence electrons. The highest BCUT2D eigenvalue weighted by molar-refractivity contribution is 4.92. The van der Waals surface area contributed by atoms with E-state index in [2.05, 4.69) is 11.9 Å². The molecule has 2 heteroatoms. The third-order valence-electron chi connectivity index (χ3n) is 1.17. The zero-order valence-electron chi connectivity index (χ0n) is 5.85. The summed E-state index contributed by atoms with van der Waals surface area (Å²) in [5, 5.41) is 0. The second kappa shape index (κ2) is 2.67. The lowest BCUT2D eigenvalue weighted by Crippen LogP contribution is -1.74. The maximum absolute atomic E-state index is 5.21. The molecular weight excluding hydrogens is 114 g/mol. The average Bonchev–Trinajstić information content (AvgIpc) is 2.17. The summed E-state index contributed by atoms with van der Waals surface area (Å²) in [6.45, 7) is 3.98. The lowest BCUT2D eigenvalue weighted by atomic mass is 10.3. The molecular formula is C7H11NO. The highest BCUT2D eigenvalue weighted by Crippen LogP contribution is 2.03. The Balaban J connectivity index is 2.61. The van der Waals surface area contributed by atoms with Crippen molar-refractivity contribution in [3.8, 4) is 0 Å². The molecule has 0 aliphatic carbocycles. The zero-order valence-corrected chi connectivity index (χ0v) is 5.85. The number of nitrogens with zero attached hydrogens (tertiary/aromatic N) is 1. The monoisotopic (exact) mass is 125 g/mol. The van der Waals surface area contributed by atoms with E-state index in [0.29, 0.717) is 0 Å². The van der Waals surface area contributed by atoms with Crippen LogP contribution >= 0.6 is 0 Å². The summed E-state index contributed by atoms with van der Waals surface area (Å²) < 4.78 is 5.21. The number of rotatable bonds is 2. The SMILES string of the molecule is CCCc1cnc(C)o1. The summed E-state index contributed by atoms with van der Waals surface area (Å²) in [6.07, 6.45) is 3.91. The second-order valence-electron chi connectivity index (χ2n) is 2.10. The van der Waals surface area contributed by atoms with Gasteiger partial charge in [0.05, 0.1) is 6.20 Å². The van der Waals surface area contributed by atoms with Crippen molar-refractivity contribution in [1.29, 1.82) is 0 Å². The molecule has 0 aliphatic rings. The Hall–Kier alpha value is -0.790. The van der Waals surface area contributed by atoms with Gasteiger partial charge < -0.3 is 4.42 Å². The minimum absolute atomic E-state index is 0.762. The van der Waals surface area contributed by atoms with Crippen molar-refractivity contribution in [3.05, 3.63) is 17.8 Å². The maximum atomic E-state index is 5.21. The van der Waals surface area contributed by atoms with Crippen LogP contribution in [-0.2, 0) is 6.42 Å². The molecule has 2 nitrogen and oxygen atoms in total. The van der Waals surface area contributed by atoms with Gasteiger partial charge in [0.2, 0.25) is 0 Å². The van der Waals surface area contributed by atoms with Gasteiger partial charge in [-0.05, 0) is 6.42 Å². The highest BCUT2D eigenvalue weighted by atomic mass is 16.3. The van der Waals surface area contributed by atoms with Crippen molar-refractivity contribution >= 4 is 0 Å². The molecule has 1 rings (SSSR count). The van der Waals surface area contributed by atoms with Crippen molar-refractivity contribution in [1.82, 2.24) is 4.98 Å². The topological polar surface area (TPSA) is 26.0 Å². The molecule has 0 aliphatic heterocycles. The molecule has 0 radical (unpaired) electrons. The first-order chi connectivity index (χ1) is 4.33. The van der Waals surface area contributed by atoms with Crippen LogP contribution in [0.1, 0.15) is 25.0 Å². The second-order valence-corrected chi connectivity index (χ2v) is 2.10. The van der Waals surface area contributed by atoms with Crippen LogP contribution in [0.5, 0.6) is 0 Å². The van der Waals surface area contributed by atoms with Gasteiger partial charge >= 0.3 is 0 Å². The molecule has 0 aromatic carbocycles. The number of aryl methyl sites for hydroxylation is 2. The van der Waals surface area contributed by atoms with Crippen LogP contribution in [-0.4, -0.2) is 4.98 Å². The Bertz CT molecular complexity index is 181. The molecule has 0 amide bonds. The number of aromatic nitrogens is 1. The van der Waals surface area contributed by atoms with Crippen molar-refractivity contribution in [2.45, 2.75) is 26.7 Å². The fourth-order valence-corrected chi connectivity index (χ4v) is 0.767. The summed E-state index contributed by atoms with van der Waals surface area (Å²) in [4.78, 5) is 3.97. The molecule has 0 spiro atoms. The predicted molar refractivity (Wildman–Crippen MR) is 35.2 cm³/mol. The minimum Gasteiger partial charge on any atom is -0.446 e. The number of hydrogen-bond donors (Lipinski definition) is 0. The largest absolute Gasteiger partial charge is 0.446 e. The van der Waals surface area contributed by atoms with Gasteiger partial charge in [0, 0.05) is 13.3 Å². The van der Waals surface area contributed by atoms with E-state index in [4.69, 9.17) is 4.42 Å². The van der Waals surface area contributed by atoms with E-state index in [1.54, 1.807) is 6.20 Å². The first-order valence-corrected chi connectivity index (χ1v) is 3.24. The van der Waals surface area contributed by atoms with Crippen LogP contribution in [0.15, 0.2) is 10.6 Å². The summed E-state index contributed by atoms with van der Waals surface area (Å²) in [5.41, 5.74) is 0. The predicted octanol–water partition coefficient (Wildman–Crippen LogP) is 1.94. The van der Waals surface area contributed by atoms with Gasteiger partial charge in [0.1, 0.15) is 5.76 Å². The molecule has 0 saturated heterocycles. The Kier molecular flexibility index (Phi) is 1.88. The fourth-order valence-electron chi connectivity index (χ4n) is 0.767. The van der Waals surface area contributed by atoms with Crippen LogP contribution in [0.3, 0.4) is 0 Å². The molecule has 0 fully saturated rings. The maximum Gasteiger partial charge on any atom is 0.191 e. The van der Waals surface area contributed by atoms with Crippen molar-refractivity contribution in [2.24, 2.45) is 0 Å². The molecule has 0 bridgehead atoms. The molecule has 1 aromatic rings. The van der Waals surface area contributed by atoms with Gasteiger partial charge in [-0.2, -0.15) is 0 Å². The van der Waals surface area contributed by atoms with Gasteiger partial charge in [-0.3, -0.25) is 0 Å². The molecule has 1 aromatic heterocycles. The number of hydrogen-bond acceptors (Lipinski definition) is 2. The standard InChI is InChI=1S/C7H11NO/c1-3-4-7-5-8-6(2)9-7/h5H,3-4H2,1-2H3. The summed E-state index contributed by atoms with van der Waals surface area (Å²) in [6, 6.07) is 0. The van der Waals surface area contributed by atoms with E-state index < -0.39 is 0 Å². The molecule has 0 atom stereocenters. The van der Waals surface area contributed by atoms with Crippen LogP contribution in [0.4, 0.5) is 0 Å². The van der Waals surface area contributed by atoms with Gasteiger partial charge in [0.25, 0.3) is 0 Å². The van der Waals surface area contributed by atoms with Crippen LogP contribution in [0.25, 0.3) is 0 Å². The van der Waals surface area contributed by atoms with E-state index >= 15 is 0 Å². The van der Waals surface area contributed by atoms with Gasteiger partial charge in [-0.15, -0.1) is 0 Å². The van der Waals surface area contributed by atoms with Crippen LogP contribution in [0, 0.1) is 6.92 Å². The smallest absolute Gasteiger partial charge is 0.191 e. The first-order valence-electron chi connectivity index (χ1n) is 3.24.